The number of halogens is 1. The first kappa shape index (κ1) is 12.7. The Balaban J connectivity index is 2.83. The van der Waals surface area contributed by atoms with Gasteiger partial charge in [-0.1, -0.05) is 34.1 Å². The van der Waals surface area contributed by atoms with Crippen molar-refractivity contribution in [3.8, 4) is 0 Å². The van der Waals surface area contributed by atoms with Crippen LogP contribution in [0.5, 0.6) is 0 Å². The van der Waals surface area contributed by atoms with Crippen molar-refractivity contribution >= 4 is 26.0 Å². The van der Waals surface area contributed by atoms with Crippen LogP contribution in [0.15, 0.2) is 29.2 Å². The molecule has 0 aliphatic carbocycles. The van der Waals surface area contributed by atoms with E-state index in [0.29, 0.717) is 11.4 Å². The lowest BCUT2D eigenvalue weighted by molar-refractivity contribution is 0.580. The van der Waals surface area contributed by atoms with E-state index in [1.165, 1.54) is 0 Å². The number of benzene rings is 1. The molecule has 1 N–H and O–H groups in total. The summed E-state index contributed by atoms with van der Waals surface area (Å²) in [5.41, 5.74) is 0.767. The van der Waals surface area contributed by atoms with E-state index >= 15 is 0 Å². The van der Waals surface area contributed by atoms with Crippen molar-refractivity contribution in [2.75, 3.05) is 11.9 Å². The Labute approximate surface area is 99.1 Å². The summed E-state index contributed by atoms with van der Waals surface area (Å²) in [6, 6.07) is 6.96. The van der Waals surface area contributed by atoms with Crippen molar-refractivity contribution in [1.29, 1.82) is 0 Å². The summed E-state index contributed by atoms with van der Waals surface area (Å²) in [4.78, 5) is 0.361. The minimum absolute atomic E-state index is 0.361. The van der Waals surface area contributed by atoms with Gasteiger partial charge >= 0.3 is 0 Å². The smallest absolute Gasteiger partial charge is 0.211 e. The first-order chi connectivity index (χ1) is 7.08. The molecule has 1 aromatic carbocycles. The summed E-state index contributed by atoms with van der Waals surface area (Å²) in [5.74, 6) is 0. The lowest BCUT2D eigenvalue weighted by Gasteiger charge is -2.07. The molecule has 0 bridgehead atoms. The van der Waals surface area contributed by atoms with Crippen molar-refractivity contribution < 1.29 is 8.42 Å². The van der Waals surface area contributed by atoms with Gasteiger partial charge in [0, 0.05) is 11.9 Å². The van der Waals surface area contributed by atoms with E-state index in [1.54, 1.807) is 25.1 Å². The molecule has 15 heavy (non-hydrogen) atoms. The van der Waals surface area contributed by atoms with Gasteiger partial charge in [0.1, 0.15) is 0 Å². The van der Waals surface area contributed by atoms with Crippen LogP contribution in [0.1, 0.15) is 12.0 Å². The molecule has 0 heterocycles. The largest absolute Gasteiger partial charge is 0.240 e. The van der Waals surface area contributed by atoms with Crippen molar-refractivity contribution in [2.24, 2.45) is 0 Å². The van der Waals surface area contributed by atoms with E-state index in [4.69, 9.17) is 0 Å². The molecule has 0 aliphatic heterocycles. The average molecular weight is 292 g/mol. The Kier molecular flexibility index (Phi) is 4.76. The number of hydrogen-bond acceptors (Lipinski definition) is 2. The molecule has 0 saturated carbocycles. The maximum atomic E-state index is 11.8. The van der Waals surface area contributed by atoms with Crippen LogP contribution in [0.3, 0.4) is 0 Å². The SMILES string of the molecule is Cc1ccccc1S(=O)(=O)NCCCBr. The molecular formula is C10H14BrNO2S. The lowest BCUT2D eigenvalue weighted by atomic mass is 10.2. The van der Waals surface area contributed by atoms with Crippen LogP contribution < -0.4 is 4.72 Å². The number of nitrogens with one attached hydrogen (secondary N) is 1. The van der Waals surface area contributed by atoms with E-state index in [9.17, 15) is 8.42 Å². The van der Waals surface area contributed by atoms with Crippen molar-refractivity contribution in [3.05, 3.63) is 29.8 Å². The predicted molar refractivity (Wildman–Crippen MR) is 64.8 cm³/mol. The summed E-state index contributed by atoms with van der Waals surface area (Å²) < 4.78 is 26.2. The second-order valence-electron chi connectivity index (χ2n) is 3.21. The molecule has 0 amide bonds. The van der Waals surface area contributed by atoms with E-state index in [0.717, 1.165) is 17.3 Å². The maximum Gasteiger partial charge on any atom is 0.240 e. The fourth-order valence-electron chi connectivity index (χ4n) is 1.21. The third-order valence-corrected chi connectivity index (χ3v) is 4.17. The quantitative estimate of drug-likeness (QED) is 0.667. The highest BCUT2D eigenvalue weighted by atomic mass is 79.9. The highest BCUT2D eigenvalue weighted by molar-refractivity contribution is 9.09. The molecule has 0 spiro atoms. The van der Waals surface area contributed by atoms with Crippen LogP contribution in [0.4, 0.5) is 0 Å². The Morgan fingerprint density at radius 2 is 2.00 bits per heavy atom. The van der Waals surface area contributed by atoms with Gasteiger partial charge in [-0.3, -0.25) is 0 Å². The Hall–Kier alpha value is -0.390. The normalized spacial score (nSPS) is 11.6. The summed E-state index contributed by atoms with van der Waals surface area (Å²) in [5, 5.41) is 0.795. The number of hydrogen-bond donors (Lipinski definition) is 1. The maximum absolute atomic E-state index is 11.8. The topological polar surface area (TPSA) is 46.2 Å². The molecule has 0 radical (unpaired) electrons. The van der Waals surface area contributed by atoms with Crippen LogP contribution in [0.2, 0.25) is 0 Å². The van der Waals surface area contributed by atoms with Gasteiger partial charge in [0.25, 0.3) is 0 Å². The van der Waals surface area contributed by atoms with Gasteiger partial charge < -0.3 is 0 Å². The average Bonchev–Trinajstić information content (AvgIpc) is 2.18. The molecule has 0 aliphatic rings. The van der Waals surface area contributed by atoms with Gasteiger partial charge in [-0.25, -0.2) is 13.1 Å². The first-order valence-electron chi connectivity index (χ1n) is 4.69. The van der Waals surface area contributed by atoms with Gasteiger partial charge in [-0.2, -0.15) is 0 Å². The Bertz CT molecular complexity index is 417. The highest BCUT2D eigenvalue weighted by Crippen LogP contribution is 2.13. The van der Waals surface area contributed by atoms with Crippen LogP contribution in [0, 0.1) is 6.92 Å². The number of sulfonamides is 1. The van der Waals surface area contributed by atoms with Gasteiger partial charge in [0.05, 0.1) is 4.90 Å². The van der Waals surface area contributed by atoms with Crippen molar-refractivity contribution in [2.45, 2.75) is 18.2 Å². The summed E-state index contributed by atoms with van der Waals surface area (Å²) in [6.45, 7) is 2.25. The summed E-state index contributed by atoms with van der Waals surface area (Å²) in [6.07, 6.45) is 0.783. The molecular weight excluding hydrogens is 278 g/mol. The Morgan fingerprint density at radius 3 is 2.60 bits per heavy atom. The first-order valence-corrected chi connectivity index (χ1v) is 7.29. The minimum Gasteiger partial charge on any atom is -0.211 e. The van der Waals surface area contributed by atoms with E-state index in [2.05, 4.69) is 20.7 Å². The van der Waals surface area contributed by atoms with E-state index in [-0.39, 0.29) is 0 Å². The minimum atomic E-state index is -3.33. The fraction of sp³-hybridized carbons (Fsp3) is 0.400. The van der Waals surface area contributed by atoms with Crippen LogP contribution in [0.25, 0.3) is 0 Å². The van der Waals surface area contributed by atoms with Gasteiger partial charge in [-0.05, 0) is 25.0 Å². The van der Waals surface area contributed by atoms with Crippen LogP contribution in [-0.4, -0.2) is 20.3 Å². The second-order valence-corrected chi connectivity index (χ2v) is 5.73. The highest BCUT2D eigenvalue weighted by Gasteiger charge is 2.14. The third-order valence-electron chi connectivity index (χ3n) is 1.99. The predicted octanol–water partition coefficient (Wildman–Crippen LogP) is 2.06. The molecule has 1 aromatic rings. The Morgan fingerprint density at radius 1 is 1.33 bits per heavy atom. The van der Waals surface area contributed by atoms with Crippen molar-refractivity contribution in [1.82, 2.24) is 4.72 Å². The zero-order valence-corrected chi connectivity index (χ0v) is 10.9. The number of rotatable bonds is 5. The summed E-state index contributed by atoms with van der Waals surface area (Å²) in [7, 11) is -3.33. The molecule has 0 aromatic heterocycles. The van der Waals surface area contributed by atoms with Crippen LogP contribution in [-0.2, 0) is 10.0 Å². The molecule has 0 atom stereocenters. The van der Waals surface area contributed by atoms with E-state index in [1.807, 2.05) is 6.07 Å². The lowest BCUT2D eigenvalue weighted by Crippen LogP contribution is -2.25. The molecule has 3 nitrogen and oxygen atoms in total. The molecule has 1 rings (SSSR count). The second kappa shape index (κ2) is 5.63. The van der Waals surface area contributed by atoms with Crippen molar-refractivity contribution in [3.63, 3.8) is 0 Å². The standard InChI is InChI=1S/C10H14BrNO2S/c1-9-5-2-3-6-10(9)15(13,14)12-8-4-7-11/h2-3,5-6,12H,4,7-8H2,1H3. The molecule has 5 heteroatoms. The molecule has 84 valence electrons. The van der Waals surface area contributed by atoms with Gasteiger partial charge in [0.15, 0.2) is 0 Å². The number of alkyl halides is 1. The monoisotopic (exact) mass is 291 g/mol. The molecule has 0 fully saturated rings. The van der Waals surface area contributed by atoms with Gasteiger partial charge in [-0.15, -0.1) is 0 Å². The zero-order valence-electron chi connectivity index (χ0n) is 8.53. The third kappa shape index (κ3) is 3.59. The van der Waals surface area contributed by atoms with Crippen LogP contribution >= 0.6 is 15.9 Å². The summed E-state index contributed by atoms with van der Waals surface area (Å²) >= 11 is 3.25. The molecule has 0 unspecified atom stereocenters. The molecule has 0 saturated heterocycles. The number of aryl methyl sites for hydroxylation is 1. The fourth-order valence-corrected chi connectivity index (χ4v) is 2.81. The van der Waals surface area contributed by atoms with E-state index < -0.39 is 10.0 Å². The van der Waals surface area contributed by atoms with Gasteiger partial charge in [0.2, 0.25) is 10.0 Å². The zero-order chi connectivity index (χ0) is 11.3.